The van der Waals surface area contributed by atoms with Crippen LogP contribution in [-0.2, 0) is 6.54 Å². The zero-order chi connectivity index (χ0) is 13.2. The number of amides is 1. The molecule has 2 fully saturated rings. The lowest BCUT2D eigenvalue weighted by atomic mass is 9.78. The van der Waals surface area contributed by atoms with E-state index >= 15 is 0 Å². The van der Waals surface area contributed by atoms with Crippen molar-refractivity contribution in [2.24, 2.45) is 11.7 Å². The molecule has 2 N–H and O–H groups in total. The predicted molar refractivity (Wildman–Crippen MR) is 79.9 cm³/mol. The van der Waals surface area contributed by atoms with Gasteiger partial charge in [0.05, 0.1) is 12.1 Å². The van der Waals surface area contributed by atoms with Crippen LogP contribution < -0.4 is 5.73 Å². The molecule has 5 heteroatoms. The fourth-order valence-electron chi connectivity index (χ4n) is 3.64. The van der Waals surface area contributed by atoms with Crippen molar-refractivity contribution in [3.8, 4) is 0 Å². The first kappa shape index (κ1) is 15.4. The number of furan rings is 1. The largest absolute Gasteiger partial charge is 0.467 e. The first-order valence-corrected chi connectivity index (χ1v) is 7.38. The molecule has 1 aliphatic carbocycles. The molecule has 1 amide bonds. The maximum atomic E-state index is 12.6. The maximum Gasteiger partial charge on any atom is 0.257 e. The van der Waals surface area contributed by atoms with Gasteiger partial charge in [0.25, 0.3) is 5.91 Å². The summed E-state index contributed by atoms with van der Waals surface area (Å²) in [6, 6.07) is 2.24. The van der Waals surface area contributed by atoms with Crippen LogP contribution in [0.1, 0.15) is 54.6 Å². The minimum Gasteiger partial charge on any atom is -0.467 e. The number of hydrogen-bond acceptors (Lipinski definition) is 3. The summed E-state index contributed by atoms with van der Waals surface area (Å²) < 4.78 is 5.29. The van der Waals surface area contributed by atoms with Crippen LogP contribution in [0.5, 0.6) is 0 Å². The smallest absolute Gasteiger partial charge is 0.257 e. The number of fused-ring (bicyclic) bond motifs is 1. The van der Waals surface area contributed by atoms with Crippen LogP contribution in [0.15, 0.2) is 16.7 Å². The second-order valence-corrected chi connectivity index (χ2v) is 5.76. The Bertz CT molecular complexity index is 458. The number of hydrogen-bond donors (Lipinski definition) is 1. The number of likely N-dealkylation sites (tertiary alicyclic amines) is 1. The molecule has 3 rings (SSSR count). The SMILES string of the molecule is Cl.NCc1cc(C(=O)N2CCCC3CCCCC32)co1. The summed E-state index contributed by atoms with van der Waals surface area (Å²) in [7, 11) is 0. The summed E-state index contributed by atoms with van der Waals surface area (Å²) in [6.07, 6.45) is 9.00. The molecule has 112 valence electrons. The molecule has 0 radical (unpaired) electrons. The normalized spacial score (nSPS) is 25.8. The molecular formula is C15H23ClN2O2. The van der Waals surface area contributed by atoms with E-state index in [1.807, 2.05) is 0 Å². The van der Waals surface area contributed by atoms with E-state index in [4.69, 9.17) is 10.2 Å². The average molecular weight is 299 g/mol. The van der Waals surface area contributed by atoms with Gasteiger partial charge in [-0.1, -0.05) is 12.8 Å². The molecule has 2 heterocycles. The Balaban J connectivity index is 0.00000147. The molecule has 0 aromatic carbocycles. The molecule has 1 saturated carbocycles. The van der Waals surface area contributed by atoms with Crippen LogP contribution in [-0.4, -0.2) is 23.4 Å². The number of carbonyl (C=O) groups excluding carboxylic acids is 1. The third-order valence-electron chi connectivity index (χ3n) is 4.61. The molecule has 1 aromatic rings. The Kier molecular flexibility index (Phi) is 5.11. The highest BCUT2D eigenvalue weighted by molar-refractivity contribution is 5.94. The predicted octanol–water partition coefficient (Wildman–Crippen LogP) is 2.95. The van der Waals surface area contributed by atoms with Crippen molar-refractivity contribution < 1.29 is 9.21 Å². The van der Waals surface area contributed by atoms with Crippen molar-refractivity contribution in [2.45, 2.75) is 51.1 Å². The van der Waals surface area contributed by atoms with Gasteiger partial charge in [0.2, 0.25) is 0 Å². The Morgan fingerprint density at radius 2 is 2.05 bits per heavy atom. The third kappa shape index (κ3) is 2.86. The van der Waals surface area contributed by atoms with Gasteiger partial charge in [-0.25, -0.2) is 0 Å². The molecule has 1 saturated heterocycles. The summed E-state index contributed by atoms with van der Waals surface area (Å²) in [6.45, 7) is 1.24. The van der Waals surface area contributed by atoms with Crippen LogP contribution in [0.3, 0.4) is 0 Å². The lowest BCUT2D eigenvalue weighted by Gasteiger charge is -2.44. The quantitative estimate of drug-likeness (QED) is 0.913. The van der Waals surface area contributed by atoms with Crippen molar-refractivity contribution in [2.75, 3.05) is 6.54 Å². The minimum atomic E-state index is 0. The van der Waals surface area contributed by atoms with Crippen molar-refractivity contribution in [3.05, 3.63) is 23.7 Å². The number of rotatable bonds is 2. The second-order valence-electron chi connectivity index (χ2n) is 5.76. The number of piperidine rings is 1. The molecule has 20 heavy (non-hydrogen) atoms. The lowest BCUT2D eigenvalue weighted by Crippen LogP contribution is -2.49. The van der Waals surface area contributed by atoms with Gasteiger partial charge in [0, 0.05) is 12.6 Å². The van der Waals surface area contributed by atoms with Gasteiger partial charge >= 0.3 is 0 Å². The summed E-state index contributed by atoms with van der Waals surface area (Å²) >= 11 is 0. The summed E-state index contributed by atoms with van der Waals surface area (Å²) in [5.41, 5.74) is 6.19. The van der Waals surface area contributed by atoms with Gasteiger partial charge in [-0.3, -0.25) is 4.79 Å². The van der Waals surface area contributed by atoms with Crippen molar-refractivity contribution >= 4 is 18.3 Å². The Labute approximate surface area is 126 Å². The van der Waals surface area contributed by atoms with Gasteiger partial charge in [-0.05, 0) is 37.7 Å². The van der Waals surface area contributed by atoms with E-state index in [1.54, 1.807) is 12.3 Å². The molecular weight excluding hydrogens is 276 g/mol. The minimum absolute atomic E-state index is 0. The average Bonchev–Trinajstić information content (AvgIpc) is 2.95. The number of nitrogens with two attached hydrogens (primary N) is 1. The van der Waals surface area contributed by atoms with E-state index in [1.165, 1.54) is 25.7 Å². The number of nitrogens with zero attached hydrogens (tertiary/aromatic N) is 1. The molecule has 1 aliphatic heterocycles. The highest BCUT2D eigenvalue weighted by atomic mass is 35.5. The highest BCUT2D eigenvalue weighted by Crippen LogP contribution is 2.36. The zero-order valence-electron chi connectivity index (χ0n) is 11.7. The van der Waals surface area contributed by atoms with Crippen LogP contribution in [0.25, 0.3) is 0 Å². The van der Waals surface area contributed by atoms with Gasteiger partial charge < -0.3 is 15.1 Å². The van der Waals surface area contributed by atoms with E-state index in [-0.39, 0.29) is 18.3 Å². The summed E-state index contributed by atoms with van der Waals surface area (Å²) in [5, 5.41) is 0. The van der Waals surface area contributed by atoms with Crippen LogP contribution >= 0.6 is 12.4 Å². The highest BCUT2D eigenvalue weighted by Gasteiger charge is 2.36. The molecule has 2 atom stereocenters. The van der Waals surface area contributed by atoms with Gasteiger partial charge in [0.1, 0.15) is 12.0 Å². The van der Waals surface area contributed by atoms with Gasteiger partial charge in [-0.15, -0.1) is 12.4 Å². The summed E-state index contributed by atoms with van der Waals surface area (Å²) in [4.78, 5) is 14.7. The number of carbonyl (C=O) groups is 1. The van der Waals surface area contributed by atoms with Gasteiger partial charge in [0.15, 0.2) is 0 Å². The van der Waals surface area contributed by atoms with Crippen LogP contribution in [0, 0.1) is 5.92 Å². The fraction of sp³-hybridized carbons (Fsp3) is 0.667. The molecule has 0 bridgehead atoms. The van der Waals surface area contributed by atoms with E-state index in [2.05, 4.69) is 4.90 Å². The monoisotopic (exact) mass is 298 g/mol. The molecule has 1 aromatic heterocycles. The topological polar surface area (TPSA) is 59.5 Å². The number of halogens is 1. The molecule has 0 spiro atoms. The van der Waals surface area contributed by atoms with E-state index in [0.29, 0.717) is 29.8 Å². The lowest BCUT2D eigenvalue weighted by molar-refractivity contribution is 0.0390. The second kappa shape index (κ2) is 6.64. The van der Waals surface area contributed by atoms with E-state index in [9.17, 15) is 4.79 Å². The third-order valence-corrected chi connectivity index (χ3v) is 4.61. The van der Waals surface area contributed by atoms with E-state index in [0.717, 1.165) is 19.4 Å². The van der Waals surface area contributed by atoms with Crippen molar-refractivity contribution in [1.29, 1.82) is 0 Å². The fourth-order valence-corrected chi connectivity index (χ4v) is 3.64. The zero-order valence-corrected chi connectivity index (χ0v) is 12.5. The Hall–Kier alpha value is -1.00. The Morgan fingerprint density at radius 3 is 2.80 bits per heavy atom. The van der Waals surface area contributed by atoms with Crippen LogP contribution in [0.4, 0.5) is 0 Å². The van der Waals surface area contributed by atoms with Crippen molar-refractivity contribution in [3.63, 3.8) is 0 Å². The molecule has 2 aliphatic rings. The van der Waals surface area contributed by atoms with Crippen LogP contribution in [0.2, 0.25) is 0 Å². The maximum absolute atomic E-state index is 12.6. The molecule has 4 nitrogen and oxygen atoms in total. The standard InChI is InChI=1S/C15H22N2O2.ClH/c16-9-13-8-12(10-19-13)15(18)17-7-3-5-11-4-1-2-6-14(11)17;/h8,10-11,14H,1-7,9,16H2;1H. The first-order valence-electron chi connectivity index (χ1n) is 7.38. The summed E-state index contributed by atoms with van der Waals surface area (Å²) in [5.74, 6) is 1.52. The van der Waals surface area contributed by atoms with E-state index < -0.39 is 0 Å². The Morgan fingerprint density at radius 1 is 1.30 bits per heavy atom. The first-order chi connectivity index (χ1) is 9.29. The van der Waals surface area contributed by atoms with Gasteiger partial charge in [-0.2, -0.15) is 0 Å². The molecule has 2 unspecified atom stereocenters. The van der Waals surface area contributed by atoms with Crippen molar-refractivity contribution in [1.82, 2.24) is 4.90 Å².